The number of para-hydroxylation sites is 1. The second-order valence-corrected chi connectivity index (χ2v) is 4.39. The van der Waals surface area contributed by atoms with E-state index in [0.717, 1.165) is 16.9 Å². The van der Waals surface area contributed by atoms with Gasteiger partial charge in [-0.3, -0.25) is 9.89 Å². The molecule has 2 aromatic heterocycles. The maximum atomic E-state index is 12.0. The lowest BCUT2D eigenvalue weighted by atomic mass is 10.2. The number of nitrogens with zero attached hydrogens (tertiary/aromatic N) is 2. The zero-order chi connectivity index (χ0) is 12.7. The van der Waals surface area contributed by atoms with E-state index in [-0.39, 0.29) is 5.56 Å². The molecule has 90 valence electrons. The molecule has 0 saturated heterocycles. The van der Waals surface area contributed by atoms with Crippen LogP contribution in [-0.2, 0) is 0 Å². The number of aryl methyl sites for hydroxylation is 2. The fourth-order valence-electron chi connectivity index (χ4n) is 2.23. The lowest BCUT2D eigenvalue weighted by molar-refractivity contribution is 0.877. The summed E-state index contributed by atoms with van der Waals surface area (Å²) >= 11 is 0. The van der Waals surface area contributed by atoms with Crippen LogP contribution in [0.3, 0.4) is 0 Å². The molecule has 0 aliphatic rings. The van der Waals surface area contributed by atoms with Gasteiger partial charge in [0.25, 0.3) is 5.56 Å². The normalized spacial score (nSPS) is 11.0. The second-order valence-electron chi connectivity index (χ2n) is 4.39. The van der Waals surface area contributed by atoms with E-state index in [4.69, 9.17) is 0 Å². The highest BCUT2D eigenvalue weighted by atomic mass is 16.1. The van der Waals surface area contributed by atoms with Crippen molar-refractivity contribution in [2.75, 3.05) is 0 Å². The van der Waals surface area contributed by atoms with E-state index in [9.17, 15) is 4.79 Å². The standard InChI is InChI=1S/C14H13N3O/c1-9-8-10(2)15-13-12(9)14(18)16-17(13)11-6-4-3-5-7-11/h3-8H,1-2H3,(H,16,18). The highest BCUT2D eigenvalue weighted by Crippen LogP contribution is 2.17. The van der Waals surface area contributed by atoms with Crippen molar-refractivity contribution in [2.24, 2.45) is 0 Å². The minimum absolute atomic E-state index is 0.0983. The summed E-state index contributed by atoms with van der Waals surface area (Å²) in [5, 5.41) is 3.49. The van der Waals surface area contributed by atoms with Crippen molar-refractivity contribution in [2.45, 2.75) is 13.8 Å². The van der Waals surface area contributed by atoms with Crippen molar-refractivity contribution >= 4 is 11.0 Å². The summed E-state index contributed by atoms with van der Waals surface area (Å²) in [6, 6.07) is 11.6. The monoisotopic (exact) mass is 239 g/mol. The molecule has 3 aromatic rings. The third-order valence-electron chi connectivity index (χ3n) is 2.99. The van der Waals surface area contributed by atoms with Crippen LogP contribution < -0.4 is 5.56 Å². The maximum absolute atomic E-state index is 12.0. The Morgan fingerprint density at radius 3 is 2.61 bits per heavy atom. The molecule has 0 spiro atoms. The summed E-state index contributed by atoms with van der Waals surface area (Å²) in [5.74, 6) is 0. The summed E-state index contributed by atoms with van der Waals surface area (Å²) in [7, 11) is 0. The van der Waals surface area contributed by atoms with Crippen LogP contribution in [-0.4, -0.2) is 14.8 Å². The van der Waals surface area contributed by atoms with Crippen LogP contribution in [0, 0.1) is 13.8 Å². The molecule has 0 aliphatic carbocycles. The molecule has 0 radical (unpaired) electrons. The number of H-pyrrole nitrogens is 1. The first kappa shape index (κ1) is 10.8. The first-order valence-electron chi connectivity index (χ1n) is 5.81. The molecular weight excluding hydrogens is 226 g/mol. The Hall–Kier alpha value is -2.36. The number of nitrogens with one attached hydrogen (secondary N) is 1. The number of rotatable bonds is 1. The zero-order valence-electron chi connectivity index (χ0n) is 10.3. The maximum Gasteiger partial charge on any atom is 0.274 e. The molecule has 4 nitrogen and oxygen atoms in total. The third kappa shape index (κ3) is 1.54. The van der Waals surface area contributed by atoms with Gasteiger partial charge in [0.1, 0.15) is 0 Å². The minimum atomic E-state index is -0.0983. The van der Waals surface area contributed by atoms with Gasteiger partial charge in [-0.15, -0.1) is 0 Å². The number of hydrogen-bond acceptors (Lipinski definition) is 2. The van der Waals surface area contributed by atoms with Gasteiger partial charge in [0.05, 0.1) is 11.1 Å². The molecule has 0 aliphatic heterocycles. The lowest BCUT2D eigenvalue weighted by Crippen LogP contribution is -2.03. The van der Waals surface area contributed by atoms with Gasteiger partial charge < -0.3 is 0 Å². The molecular formula is C14H13N3O. The molecule has 0 amide bonds. The number of hydrogen-bond donors (Lipinski definition) is 1. The van der Waals surface area contributed by atoms with Gasteiger partial charge in [0, 0.05) is 5.69 Å². The van der Waals surface area contributed by atoms with E-state index < -0.39 is 0 Å². The molecule has 0 saturated carbocycles. The summed E-state index contributed by atoms with van der Waals surface area (Å²) in [4.78, 5) is 16.5. The smallest absolute Gasteiger partial charge is 0.267 e. The van der Waals surface area contributed by atoms with Crippen LogP contribution in [0.5, 0.6) is 0 Å². The molecule has 4 heteroatoms. The molecule has 0 fully saturated rings. The Labute approximate surface area is 104 Å². The van der Waals surface area contributed by atoms with Crippen molar-refractivity contribution in [1.82, 2.24) is 14.8 Å². The SMILES string of the molecule is Cc1cc(C)c2c(=O)[nH]n(-c3ccccc3)c2n1. The summed E-state index contributed by atoms with van der Waals surface area (Å²) in [6.45, 7) is 3.86. The lowest BCUT2D eigenvalue weighted by Gasteiger charge is -2.04. The van der Waals surface area contributed by atoms with Gasteiger partial charge in [-0.25, -0.2) is 9.67 Å². The molecule has 0 atom stereocenters. The predicted octanol–water partition coefficient (Wildman–Crippen LogP) is 2.33. The number of aromatic nitrogens is 3. The summed E-state index contributed by atoms with van der Waals surface area (Å²) in [5.41, 5.74) is 3.35. The van der Waals surface area contributed by atoms with Crippen LogP contribution in [0.15, 0.2) is 41.2 Å². The van der Waals surface area contributed by atoms with Crippen molar-refractivity contribution in [3.63, 3.8) is 0 Å². The van der Waals surface area contributed by atoms with Gasteiger partial charge in [0.2, 0.25) is 0 Å². The quantitative estimate of drug-likeness (QED) is 0.708. The van der Waals surface area contributed by atoms with E-state index >= 15 is 0 Å². The van der Waals surface area contributed by atoms with Gasteiger partial charge in [0.15, 0.2) is 5.65 Å². The molecule has 0 bridgehead atoms. The van der Waals surface area contributed by atoms with Crippen LogP contribution in [0.25, 0.3) is 16.7 Å². The Bertz CT molecular complexity index is 769. The average molecular weight is 239 g/mol. The Morgan fingerprint density at radius 1 is 1.17 bits per heavy atom. The first-order valence-corrected chi connectivity index (χ1v) is 5.81. The molecule has 1 aromatic carbocycles. The number of benzene rings is 1. The van der Waals surface area contributed by atoms with Crippen LogP contribution in [0.2, 0.25) is 0 Å². The summed E-state index contributed by atoms with van der Waals surface area (Å²) in [6.07, 6.45) is 0. The zero-order valence-corrected chi connectivity index (χ0v) is 10.3. The predicted molar refractivity (Wildman–Crippen MR) is 71.2 cm³/mol. The van der Waals surface area contributed by atoms with Gasteiger partial charge in [-0.1, -0.05) is 18.2 Å². The number of fused-ring (bicyclic) bond motifs is 1. The van der Waals surface area contributed by atoms with Gasteiger partial charge in [-0.2, -0.15) is 0 Å². The van der Waals surface area contributed by atoms with Crippen LogP contribution in [0.4, 0.5) is 0 Å². The minimum Gasteiger partial charge on any atom is -0.267 e. The van der Waals surface area contributed by atoms with E-state index in [1.54, 1.807) is 4.68 Å². The van der Waals surface area contributed by atoms with E-state index in [2.05, 4.69) is 10.1 Å². The highest BCUT2D eigenvalue weighted by molar-refractivity contribution is 5.80. The largest absolute Gasteiger partial charge is 0.274 e. The molecule has 3 rings (SSSR count). The topological polar surface area (TPSA) is 50.7 Å². The van der Waals surface area contributed by atoms with Crippen molar-refractivity contribution in [3.05, 3.63) is 58.0 Å². The Morgan fingerprint density at radius 2 is 1.89 bits per heavy atom. The molecule has 18 heavy (non-hydrogen) atoms. The van der Waals surface area contributed by atoms with Crippen molar-refractivity contribution in [1.29, 1.82) is 0 Å². The summed E-state index contributed by atoms with van der Waals surface area (Å²) < 4.78 is 1.73. The van der Waals surface area contributed by atoms with Crippen LogP contribution in [0.1, 0.15) is 11.3 Å². The van der Waals surface area contributed by atoms with Crippen molar-refractivity contribution in [3.8, 4) is 5.69 Å². The average Bonchev–Trinajstić information content (AvgIpc) is 2.67. The fourth-order valence-corrected chi connectivity index (χ4v) is 2.23. The Balaban J connectivity index is 2.42. The molecule has 1 N–H and O–H groups in total. The molecule has 0 unspecified atom stereocenters. The van der Waals surface area contributed by atoms with Crippen LogP contribution >= 0.6 is 0 Å². The van der Waals surface area contributed by atoms with Crippen molar-refractivity contribution < 1.29 is 0 Å². The molecule has 2 heterocycles. The van der Waals surface area contributed by atoms with Gasteiger partial charge in [-0.05, 0) is 37.6 Å². The second kappa shape index (κ2) is 3.84. The highest BCUT2D eigenvalue weighted by Gasteiger charge is 2.12. The Kier molecular flexibility index (Phi) is 2.30. The number of pyridine rings is 1. The van der Waals surface area contributed by atoms with Gasteiger partial charge >= 0.3 is 0 Å². The van der Waals surface area contributed by atoms with E-state index in [1.165, 1.54) is 0 Å². The third-order valence-corrected chi connectivity index (χ3v) is 2.99. The number of aromatic amines is 1. The van der Waals surface area contributed by atoms with E-state index in [0.29, 0.717) is 11.0 Å². The first-order chi connectivity index (χ1) is 8.66. The van der Waals surface area contributed by atoms with E-state index in [1.807, 2.05) is 50.2 Å². The fraction of sp³-hybridized carbons (Fsp3) is 0.143.